The molecule has 2 rings (SSSR count). The molecule has 0 fully saturated rings. The van der Waals surface area contributed by atoms with Crippen LogP contribution in [0.15, 0.2) is 29.2 Å². The average Bonchev–Trinajstić information content (AvgIpc) is 2.31. The van der Waals surface area contributed by atoms with Crippen molar-refractivity contribution < 1.29 is 18.7 Å². The number of carboxylic acids is 1. The number of aromatic amines is 1. The zero-order valence-electron chi connectivity index (χ0n) is 8.78. The summed E-state index contributed by atoms with van der Waals surface area (Å²) in [5.74, 6) is -3.16. The molecule has 0 saturated heterocycles. The third-order valence-corrected chi connectivity index (χ3v) is 2.21. The summed E-state index contributed by atoms with van der Waals surface area (Å²) in [5.41, 5.74) is -1.75. The number of nitrogens with one attached hydrogen (secondary N) is 1. The van der Waals surface area contributed by atoms with Gasteiger partial charge in [0.15, 0.2) is 0 Å². The zero-order valence-corrected chi connectivity index (χ0v) is 8.78. The molecule has 0 aliphatic heterocycles. The van der Waals surface area contributed by atoms with Crippen molar-refractivity contribution in [3.05, 3.63) is 51.9 Å². The second kappa shape index (κ2) is 4.36. The molecule has 0 amide bonds. The molecule has 1 aromatic heterocycles. The molecule has 1 aromatic carbocycles. The van der Waals surface area contributed by atoms with E-state index in [1.165, 1.54) is 0 Å². The van der Waals surface area contributed by atoms with Gasteiger partial charge in [0.1, 0.15) is 23.0 Å². The molecule has 2 N–H and O–H groups in total. The molecule has 0 unspecified atom stereocenters. The largest absolute Gasteiger partial charge is 0.477 e. The lowest BCUT2D eigenvalue weighted by Crippen LogP contribution is -2.19. The Morgan fingerprint density at radius 2 is 2.06 bits per heavy atom. The Hall–Kier alpha value is -2.57. The van der Waals surface area contributed by atoms with Gasteiger partial charge in [-0.1, -0.05) is 0 Å². The predicted octanol–water partition coefficient (Wildman–Crippen LogP) is 1.41. The van der Waals surface area contributed by atoms with E-state index < -0.39 is 28.7 Å². The second-order valence-corrected chi connectivity index (χ2v) is 3.40. The molecule has 0 aliphatic rings. The number of rotatable bonds is 2. The van der Waals surface area contributed by atoms with Crippen molar-refractivity contribution >= 4 is 5.97 Å². The van der Waals surface area contributed by atoms with Gasteiger partial charge in [-0.3, -0.25) is 4.79 Å². The lowest BCUT2D eigenvalue weighted by molar-refractivity contribution is 0.0694. The molecule has 0 aliphatic carbocycles. The van der Waals surface area contributed by atoms with Crippen LogP contribution >= 0.6 is 0 Å². The fraction of sp³-hybridized carbons (Fsp3) is 0. The summed E-state index contributed by atoms with van der Waals surface area (Å²) in [5, 5.41) is 8.63. The van der Waals surface area contributed by atoms with E-state index in [-0.39, 0.29) is 11.4 Å². The van der Waals surface area contributed by atoms with Gasteiger partial charge in [-0.05, 0) is 18.2 Å². The van der Waals surface area contributed by atoms with Crippen molar-refractivity contribution in [2.45, 2.75) is 0 Å². The third kappa shape index (κ3) is 2.10. The van der Waals surface area contributed by atoms with Gasteiger partial charge in [-0.2, -0.15) is 0 Å². The summed E-state index contributed by atoms with van der Waals surface area (Å²) >= 11 is 0. The minimum Gasteiger partial charge on any atom is -0.477 e. The monoisotopic (exact) mass is 252 g/mol. The van der Waals surface area contributed by atoms with Gasteiger partial charge in [0.2, 0.25) is 0 Å². The highest BCUT2D eigenvalue weighted by molar-refractivity contribution is 5.86. The molecule has 1 heterocycles. The smallest absolute Gasteiger partial charge is 0.342 e. The van der Waals surface area contributed by atoms with Crippen LogP contribution in [0.25, 0.3) is 11.4 Å². The highest BCUT2D eigenvalue weighted by Crippen LogP contribution is 2.18. The van der Waals surface area contributed by atoms with E-state index in [1.54, 1.807) is 0 Å². The Balaban J connectivity index is 2.59. The van der Waals surface area contributed by atoms with E-state index in [2.05, 4.69) is 9.97 Å². The Kier molecular flexibility index (Phi) is 2.88. The molecule has 0 atom stereocenters. The van der Waals surface area contributed by atoms with E-state index in [0.29, 0.717) is 0 Å². The van der Waals surface area contributed by atoms with Gasteiger partial charge in [0.05, 0.1) is 5.56 Å². The molecule has 0 saturated carbocycles. The third-order valence-electron chi connectivity index (χ3n) is 2.21. The number of benzene rings is 1. The number of hydrogen-bond donors (Lipinski definition) is 2. The fourth-order valence-electron chi connectivity index (χ4n) is 1.36. The van der Waals surface area contributed by atoms with Gasteiger partial charge in [0, 0.05) is 6.20 Å². The summed E-state index contributed by atoms with van der Waals surface area (Å²) in [6, 6.07) is 2.66. The Bertz CT molecular complexity index is 682. The molecule has 0 spiro atoms. The van der Waals surface area contributed by atoms with E-state index in [1.807, 2.05) is 0 Å². The minimum absolute atomic E-state index is 0.234. The fourth-order valence-corrected chi connectivity index (χ4v) is 1.36. The van der Waals surface area contributed by atoms with Crippen LogP contribution in [0, 0.1) is 11.6 Å². The quantitative estimate of drug-likeness (QED) is 0.846. The van der Waals surface area contributed by atoms with Gasteiger partial charge < -0.3 is 10.1 Å². The normalized spacial score (nSPS) is 10.3. The van der Waals surface area contributed by atoms with Crippen LogP contribution in [0.5, 0.6) is 0 Å². The number of carbonyl (C=O) groups is 1. The summed E-state index contributed by atoms with van der Waals surface area (Å²) in [4.78, 5) is 27.6. The number of halogens is 2. The first kappa shape index (κ1) is 11.9. The van der Waals surface area contributed by atoms with Crippen LogP contribution in [0.3, 0.4) is 0 Å². The van der Waals surface area contributed by atoms with Crippen molar-refractivity contribution in [2.75, 3.05) is 0 Å². The van der Waals surface area contributed by atoms with Crippen LogP contribution < -0.4 is 5.56 Å². The van der Waals surface area contributed by atoms with Gasteiger partial charge in [0.25, 0.3) is 5.56 Å². The van der Waals surface area contributed by atoms with Crippen molar-refractivity contribution in [2.24, 2.45) is 0 Å². The van der Waals surface area contributed by atoms with Crippen LogP contribution in [-0.4, -0.2) is 21.0 Å². The van der Waals surface area contributed by atoms with Crippen LogP contribution in [0.2, 0.25) is 0 Å². The Morgan fingerprint density at radius 1 is 1.33 bits per heavy atom. The zero-order chi connectivity index (χ0) is 13.3. The van der Waals surface area contributed by atoms with E-state index >= 15 is 0 Å². The first-order chi connectivity index (χ1) is 8.49. The molecule has 92 valence electrons. The van der Waals surface area contributed by atoms with Crippen molar-refractivity contribution in [1.82, 2.24) is 9.97 Å². The highest BCUT2D eigenvalue weighted by atomic mass is 19.1. The summed E-state index contributed by atoms with van der Waals surface area (Å²) in [6.45, 7) is 0. The van der Waals surface area contributed by atoms with E-state index in [9.17, 15) is 18.4 Å². The second-order valence-electron chi connectivity index (χ2n) is 3.40. The first-order valence-corrected chi connectivity index (χ1v) is 4.77. The molecule has 0 bridgehead atoms. The number of aromatic nitrogens is 2. The minimum atomic E-state index is -1.45. The van der Waals surface area contributed by atoms with Gasteiger partial charge >= 0.3 is 5.97 Å². The maximum absolute atomic E-state index is 13.4. The molecule has 18 heavy (non-hydrogen) atoms. The van der Waals surface area contributed by atoms with Crippen molar-refractivity contribution in [1.29, 1.82) is 0 Å². The number of H-pyrrole nitrogens is 1. The molecule has 5 nitrogen and oxygen atoms in total. The topological polar surface area (TPSA) is 83.0 Å². The van der Waals surface area contributed by atoms with Gasteiger partial charge in [-0.15, -0.1) is 0 Å². The van der Waals surface area contributed by atoms with Gasteiger partial charge in [-0.25, -0.2) is 18.6 Å². The Labute approximate surface area is 98.7 Å². The maximum Gasteiger partial charge on any atom is 0.342 e. The molecule has 2 aromatic rings. The number of hydrogen-bond acceptors (Lipinski definition) is 3. The molecular weight excluding hydrogens is 246 g/mol. The lowest BCUT2D eigenvalue weighted by Gasteiger charge is -2.03. The number of aromatic carboxylic acids is 1. The first-order valence-electron chi connectivity index (χ1n) is 4.77. The maximum atomic E-state index is 13.4. The number of carboxylic acid groups (broad SMARTS) is 1. The molecule has 0 radical (unpaired) electrons. The van der Waals surface area contributed by atoms with E-state index in [4.69, 9.17) is 5.11 Å². The lowest BCUT2D eigenvalue weighted by atomic mass is 10.2. The average molecular weight is 252 g/mol. The highest BCUT2D eigenvalue weighted by Gasteiger charge is 2.13. The summed E-state index contributed by atoms with van der Waals surface area (Å²) < 4.78 is 26.4. The van der Waals surface area contributed by atoms with Crippen molar-refractivity contribution in [3.63, 3.8) is 0 Å². The molecular formula is C11H6F2N2O3. The van der Waals surface area contributed by atoms with Crippen molar-refractivity contribution in [3.8, 4) is 11.4 Å². The summed E-state index contributed by atoms with van der Waals surface area (Å²) in [6.07, 6.45) is 0.793. The van der Waals surface area contributed by atoms with E-state index in [0.717, 1.165) is 24.4 Å². The molecule has 7 heteroatoms. The van der Waals surface area contributed by atoms with Crippen LogP contribution in [0.4, 0.5) is 8.78 Å². The Morgan fingerprint density at radius 3 is 2.67 bits per heavy atom. The SMILES string of the molecule is O=C(O)c1cnc(-c2cc(F)ccc2F)[nH]c1=O. The summed E-state index contributed by atoms with van der Waals surface area (Å²) in [7, 11) is 0. The van der Waals surface area contributed by atoms with Crippen LogP contribution in [0.1, 0.15) is 10.4 Å². The predicted molar refractivity (Wildman–Crippen MR) is 57.2 cm³/mol. The number of nitrogens with zero attached hydrogens (tertiary/aromatic N) is 1. The standard InChI is InChI=1S/C11H6F2N2O3/c12-5-1-2-8(13)6(3-5)9-14-4-7(11(17)18)10(16)15-9/h1-4H,(H,17,18)(H,14,15,16). The van der Waals surface area contributed by atoms with Crippen LogP contribution in [-0.2, 0) is 0 Å².